The Morgan fingerprint density at radius 1 is 0.518 bits per heavy atom. The molecule has 24 heteroatoms. The van der Waals surface area contributed by atoms with Crippen molar-refractivity contribution in [2.24, 2.45) is 0 Å². The average Bonchev–Trinajstić information content (AvgIpc) is 3.09. The molecule has 24 nitrogen and oxygen atoms in total. The van der Waals surface area contributed by atoms with Gasteiger partial charge in [0, 0.05) is 25.1 Å². The first-order valence-electron chi connectivity index (χ1n) is 16.7. The predicted molar refractivity (Wildman–Crippen MR) is 186 cm³/mol. The molecule has 0 aliphatic rings. The molecule has 4 atom stereocenters. The molecular formula is C32H43N7O17. The number of hydrogen-bond donors (Lipinski definition) is 13. The maximum Gasteiger partial charge on any atom is 0.326 e. The van der Waals surface area contributed by atoms with E-state index in [4.69, 9.17) is 25.5 Å². The number of hydrogen-bond acceptors (Lipinski definition) is 11. The molecule has 13 N–H and O–H groups in total. The van der Waals surface area contributed by atoms with E-state index < -0.39 is 128 Å². The molecule has 0 fully saturated rings. The minimum absolute atomic E-state index is 0.0829. The quantitative estimate of drug-likeness (QED) is 0.0455. The number of carboxylic acids is 6. The van der Waals surface area contributed by atoms with E-state index in [0.717, 1.165) is 0 Å². The third-order valence-electron chi connectivity index (χ3n) is 7.36. The van der Waals surface area contributed by atoms with E-state index in [0.29, 0.717) is 11.3 Å². The molecule has 0 heterocycles. The van der Waals surface area contributed by atoms with E-state index in [1.54, 1.807) is 0 Å². The lowest BCUT2D eigenvalue weighted by Crippen LogP contribution is -2.55. The zero-order valence-corrected chi connectivity index (χ0v) is 29.6. The van der Waals surface area contributed by atoms with Crippen LogP contribution in [-0.4, -0.2) is 133 Å². The smallest absolute Gasteiger partial charge is 0.326 e. The summed E-state index contributed by atoms with van der Waals surface area (Å²) in [6.07, 6.45) is -2.88. The SMILES string of the molecule is O=C(O)CC[C@H](NC(=O)N[C@@H](CCCCNC(=O)Nc1ccc(CC(=O)N[C@@H](CCC(=O)O)C(=O)N[C@@H](CC(=O)O)C(=O)NCC(=O)O)cc1)C(=O)O)C(=O)O. The Balaban J connectivity index is 2.65. The van der Waals surface area contributed by atoms with Gasteiger partial charge in [-0.15, -0.1) is 0 Å². The number of unbranched alkanes of at least 4 members (excludes halogenated alkanes) is 1. The van der Waals surface area contributed by atoms with E-state index in [2.05, 4.69) is 26.6 Å². The van der Waals surface area contributed by atoms with Gasteiger partial charge in [-0.3, -0.25) is 33.6 Å². The minimum atomic E-state index is -1.74. The van der Waals surface area contributed by atoms with Crippen LogP contribution in [0.2, 0.25) is 0 Å². The molecule has 0 spiro atoms. The zero-order chi connectivity index (χ0) is 42.4. The van der Waals surface area contributed by atoms with E-state index in [9.17, 15) is 57.8 Å². The molecule has 1 rings (SSSR count). The van der Waals surface area contributed by atoms with Gasteiger partial charge in [0.05, 0.1) is 12.8 Å². The Kier molecular flexibility index (Phi) is 20.4. The summed E-state index contributed by atoms with van der Waals surface area (Å²) < 4.78 is 0. The van der Waals surface area contributed by atoms with E-state index >= 15 is 0 Å². The van der Waals surface area contributed by atoms with Gasteiger partial charge in [0.15, 0.2) is 0 Å². The van der Waals surface area contributed by atoms with Crippen LogP contribution in [0, 0.1) is 0 Å². The maximum absolute atomic E-state index is 12.9. The lowest BCUT2D eigenvalue weighted by atomic mass is 10.1. The van der Waals surface area contributed by atoms with Crippen LogP contribution in [0.5, 0.6) is 0 Å². The number of amides is 7. The number of carboxylic acid groups (broad SMARTS) is 6. The van der Waals surface area contributed by atoms with Crippen LogP contribution in [0.15, 0.2) is 24.3 Å². The van der Waals surface area contributed by atoms with E-state index in [1.807, 2.05) is 10.6 Å². The van der Waals surface area contributed by atoms with Crippen LogP contribution in [0.3, 0.4) is 0 Å². The van der Waals surface area contributed by atoms with Gasteiger partial charge in [-0.1, -0.05) is 12.1 Å². The molecule has 0 saturated heterocycles. The van der Waals surface area contributed by atoms with Crippen LogP contribution >= 0.6 is 0 Å². The lowest BCUT2D eigenvalue weighted by molar-refractivity contribution is -0.142. The second kappa shape index (κ2) is 24.3. The van der Waals surface area contributed by atoms with Gasteiger partial charge in [0.1, 0.15) is 30.7 Å². The number of nitrogens with one attached hydrogen (secondary N) is 7. The highest BCUT2D eigenvalue weighted by atomic mass is 16.4. The highest BCUT2D eigenvalue weighted by molar-refractivity contribution is 5.95. The van der Waals surface area contributed by atoms with Crippen molar-refractivity contribution in [3.63, 3.8) is 0 Å². The summed E-state index contributed by atoms with van der Waals surface area (Å²) in [6.45, 7) is -0.788. The molecule has 0 aliphatic heterocycles. The second-order valence-corrected chi connectivity index (χ2v) is 11.9. The normalized spacial score (nSPS) is 12.6. The van der Waals surface area contributed by atoms with Crippen molar-refractivity contribution in [1.82, 2.24) is 31.9 Å². The zero-order valence-electron chi connectivity index (χ0n) is 29.6. The number of aliphatic carboxylic acids is 6. The molecule has 7 amide bonds. The van der Waals surface area contributed by atoms with Crippen LogP contribution in [0.25, 0.3) is 0 Å². The summed E-state index contributed by atoms with van der Waals surface area (Å²) in [4.78, 5) is 129. The van der Waals surface area contributed by atoms with Crippen molar-refractivity contribution in [3.8, 4) is 0 Å². The van der Waals surface area contributed by atoms with Gasteiger partial charge in [-0.05, 0) is 49.8 Å². The largest absolute Gasteiger partial charge is 0.481 e. The van der Waals surface area contributed by atoms with E-state index in [1.165, 1.54) is 24.3 Å². The summed E-state index contributed by atoms with van der Waals surface area (Å²) >= 11 is 0. The van der Waals surface area contributed by atoms with Crippen molar-refractivity contribution in [3.05, 3.63) is 29.8 Å². The Morgan fingerprint density at radius 3 is 1.59 bits per heavy atom. The molecule has 1 aromatic carbocycles. The van der Waals surface area contributed by atoms with Gasteiger partial charge in [0.2, 0.25) is 17.7 Å². The fourth-order valence-electron chi connectivity index (χ4n) is 4.61. The van der Waals surface area contributed by atoms with Crippen LogP contribution in [0.4, 0.5) is 15.3 Å². The number of rotatable bonds is 26. The molecule has 0 radical (unpaired) electrons. The molecule has 56 heavy (non-hydrogen) atoms. The van der Waals surface area contributed by atoms with Crippen LogP contribution < -0.4 is 37.2 Å². The summed E-state index contributed by atoms with van der Waals surface area (Å²) in [5, 5.41) is 69.7. The summed E-state index contributed by atoms with van der Waals surface area (Å²) in [5.41, 5.74) is 0.678. The third kappa shape index (κ3) is 20.3. The van der Waals surface area contributed by atoms with E-state index in [-0.39, 0.29) is 32.2 Å². The first kappa shape index (κ1) is 47.0. The molecule has 0 aromatic heterocycles. The molecular weight excluding hydrogens is 754 g/mol. The Morgan fingerprint density at radius 2 is 1.07 bits per heavy atom. The van der Waals surface area contributed by atoms with Crippen molar-refractivity contribution >= 4 is 71.3 Å². The Labute approximate surface area is 316 Å². The number of urea groups is 2. The predicted octanol–water partition coefficient (Wildman–Crippen LogP) is -1.90. The summed E-state index contributed by atoms with van der Waals surface area (Å²) in [6, 6.07) is -2.20. The highest BCUT2D eigenvalue weighted by Gasteiger charge is 2.29. The second-order valence-electron chi connectivity index (χ2n) is 11.9. The number of benzene rings is 1. The minimum Gasteiger partial charge on any atom is -0.481 e. The molecule has 0 aliphatic carbocycles. The standard InChI is InChI=1S/C32H43N7O17/c40-22(36-18(8-10-23(41)42)28(50)37-21(14-25(45)46)27(49)34-15-26(47)48)13-16-4-6-17(7-5-16)35-31(55)33-12-2-1-3-19(29(51)52)38-32(56)39-20(30(53)54)9-11-24(43)44/h4-7,18-21H,1-3,8-15H2,(H,34,49)(H,36,40)(H,37,50)(H,41,42)(H,43,44)(H,45,46)(H,47,48)(H,51,52)(H,53,54)(H2,33,35,55)(H2,38,39,56)/t18-,19-,20-,21-/m0/s1. The van der Waals surface area contributed by atoms with Gasteiger partial charge >= 0.3 is 47.9 Å². The van der Waals surface area contributed by atoms with Gasteiger partial charge in [-0.2, -0.15) is 0 Å². The molecule has 0 saturated carbocycles. The summed E-state index contributed by atoms with van der Waals surface area (Å²) in [7, 11) is 0. The van der Waals surface area contributed by atoms with Crippen molar-refractivity contribution in [2.75, 3.05) is 18.4 Å². The number of anilines is 1. The highest BCUT2D eigenvalue weighted by Crippen LogP contribution is 2.11. The first-order valence-corrected chi connectivity index (χ1v) is 16.7. The summed E-state index contributed by atoms with van der Waals surface area (Å²) in [5.74, 6) is -11.5. The molecule has 308 valence electrons. The van der Waals surface area contributed by atoms with Crippen molar-refractivity contribution in [1.29, 1.82) is 0 Å². The average molecular weight is 798 g/mol. The maximum atomic E-state index is 12.9. The number of carbonyl (C=O) groups is 11. The van der Waals surface area contributed by atoms with Crippen molar-refractivity contribution in [2.45, 2.75) is 82.0 Å². The van der Waals surface area contributed by atoms with Crippen LogP contribution in [-0.2, 0) is 49.6 Å². The van der Waals surface area contributed by atoms with Crippen LogP contribution in [0.1, 0.15) is 56.9 Å². The molecule has 0 unspecified atom stereocenters. The lowest BCUT2D eigenvalue weighted by Gasteiger charge is -2.22. The van der Waals surface area contributed by atoms with Gasteiger partial charge in [0.25, 0.3) is 0 Å². The van der Waals surface area contributed by atoms with Crippen molar-refractivity contribution < 1.29 is 83.4 Å². The van der Waals surface area contributed by atoms with Gasteiger partial charge < -0.3 is 67.9 Å². The monoisotopic (exact) mass is 797 g/mol. The first-order chi connectivity index (χ1) is 26.3. The Hall–Kier alpha value is -7.01. The fourth-order valence-corrected chi connectivity index (χ4v) is 4.61. The Bertz CT molecular complexity index is 1620. The topological polar surface area (TPSA) is 393 Å². The van der Waals surface area contributed by atoms with Gasteiger partial charge in [-0.25, -0.2) is 19.2 Å². The third-order valence-corrected chi connectivity index (χ3v) is 7.36. The molecule has 0 bridgehead atoms. The molecule has 1 aromatic rings. The number of carbonyl (C=O) groups excluding carboxylic acids is 5. The fraction of sp³-hybridized carbons (Fsp3) is 0.469.